The highest BCUT2D eigenvalue weighted by molar-refractivity contribution is 9.10. The van der Waals surface area contributed by atoms with Gasteiger partial charge in [-0.3, -0.25) is 4.79 Å². The lowest BCUT2D eigenvalue weighted by molar-refractivity contribution is 0.0954. The standard InChI is InChI=1S/C16H19BrN2O.ClH/c1-2-7-18-8-9-19-16(20)14-4-3-13-11-15(17)6-5-12(13)10-14;/h3-6,10-11,18H,2,7-9H2,1H3,(H,19,20);1H. The summed E-state index contributed by atoms with van der Waals surface area (Å²) in [6, 6.07) is 11.8. The van der Waals surface area contributed by atoms with Crippen LogP contribution >= 0.6 is 28.3 Å². The van der Waals surface area contributed by atoms with Gasteiger partial charge in [-0.2, -0.15) is 0 Å². The van der Waals surface area contributed by atoms with E-state index in [-0.39, 0.29) is 18.3 Å². The number of carbonyl (C=O) groups excluding carboxylic acids is 1. The highest BCUT2D eigenvalue weighted by atomic mass is 79.9. The number of hydrogen-bond donors (Lipinski definition) is 2. The summed E-state index contributed by atoms with van der Waals surface area (Å²) in [5.41, 5.74) is 0.704. The van der Waals surface area contributed by atoms with E-state index in [0.717, 1.165) is 34.8 Å². The number of benzene rings is 2. The maximum absolute atomic E-state index is 12.0. The van der Waals surface area contributed by atoms with Crippen LogP contribution in [0.2, 0.25) is 0 Å². The second-order valence-electron chi connectivity index (χ2n) is 4.71. The molecule has 0 aliphatic rings. The highest BCUT2D eigenvalue weighted by Gasteiger charge is 2.05. The Bertz CT molecular complexity index is 604. The molecule has 0 saturated heterocycles. The molecule has 0 heterocycles. The molecule has 0 fully saturated rings. The van der Waals surface area contributed by atoms with Gasteiger partial charge in [0, 0.05) is 23.1 Å². The second kappa shape index (κ2) is 9.03. The van der Waals surface area contributed by atoms with E-state index < -0.39 is 0 Å². The van der Waals surface area contributed by atoms with E-state index in [2.05, 4.69) is 33.5 Å². The van der Waals surface area contributed by atoms with E-state index in [1.807, 2.05) is 36.4 Å². The van der Waals surface area contributed by atoms with Gasteiger partial charge < -0.3 is 10.6 Å². The molecule has 0 aliphatic heterocycles. The van der Waals surface area contributed by atoms with Crippen LogP contribution in [-0.2, 0) is 0 Å². The van der Waals surface area contributed by atoms with Gasteiger partial charge in [-0.15, -0.1) is 12.4 Å². The molecule has 0 spiro atoms. The van der Waals surface area contributed by atoms with Crippen LogP contribution in [0.25, 0.3) is 10.8 Å². The van der Waals surface area contributed by atoms with Gasteiger partial charge in [-0.05, 0) is 48.0 Å². The number of halogens is 2. The van der Waals surface area contributed by atoms with Crippen LogP contribution in [0.5, 0.6) is 0 Å². The van der Waals surface area contributed by atoms with E-state index in [9.17, 15) is 4.79 Å². The number of amides is 1. The fourth-order valence-electron chi connectivity index (χ4n) is 2.03. The van der Waals surface area contributed by atoms with Crippen LogP contribution in [0.4, 0.5) is 0 Å². The molecule has 0 atom stereocenters. The number of carbonyl (C=O) groups is 1. The topological polar surface area (TPSA) is 41.1 Å². The van der Waals surface area contributed by atoms with E-state index in [4.69, 9.17) is 0 Å². The first-order chi connectivity index (χ1) is 9.70. The van der Waals surface area contributed by atoms with Crippen molar-refractivity contribution in [3.05, 3.63) is 46.4 Å². The van der Waals surface area contributed by atoms with E-state index in [1.165, 1.54) is 0 Å². The monoisotopic (exact) mass is 370 g/mol. The Morgan fingerprint density at radius 2 is 1.76 bits per heavy atom. The molecule has 114 valence electrons. The zero-order valence-electron chi connectivity index (χ0n) is 12.0. The third kappa shape index (κ3) is 5.30. The predicted octanol–water partition coefficient (Wildman–Crippen LogP) is 3.75. The van der Waals surface area contributed by atoms with Gasteiger partial charge in [0.15, 0.2) is 0 Å². The number of fused-ring (bicyclic) bond motifs is 1. The number of nitrogens with one attached hydrogen (secondary N) is 2. The molecule has 5 heteroatoms. The minimum atomic E-state index is -0.0203. The van der Waals surface area contributed by atoms with Crippen molar-refractivity contribution in [2.45, 2.75) is 13.3 Å². The summed E-state index contributed by atoms with van der Waals surface area (Å²) in [6.45, 7) is 4.57. The Morgan fingerprint density at radius 1 is 1.05 bits per heavy atom. The normalized spacial score (nSPS) is 10.2. The van der Waals surface area contributed by atoms with E-state index in [0.29, 0.717) is 12.1 Å². The van der Waals surface area contributed by atoms with Crippen molar-refractivity contribution in [1.82, 2.24) is 10.6 Å². The Morgan fingerprint density at radius 3 is 2.52 bits per heavy atom. The smallest absolute Gasteiger partial charge is 0.251 e. The van der Waals surface area contributed by atoms with Gasteiger partial charge in [0.2, 0.25) is 0 Å². The lowest BCUT2D eigenvalue weighted by Crippen LogP contribution is -2.32. The number of hydrogen-bond acceptors (Lipinski definition) is 2. The number of rotatable bonds is 6. The van der Waals surface area contributed by atoms with Crippen molar-refractivity contribution in [3.63, 3.8) is 0 Å². The molecule has 2 rings (SSSR count). The molecule has 21 heavy (non-hydrogen) atoms. The molecule has 1 amide bonds. The third-order valence-electron chi connectivity index (χ3n) is 3.08. The molecule has 0 aromatic heterocycles. The SMILES string of the molecule is CCCNCCNC(=O)c1ccc2cc(Br)ccc2c1.Cl. The lowest BCUT2D eigenvalue weighted by Gasteiger charge is -2.07. The quantitative estimate of drug-likeness (QED) is 0.759. The van der Waals surface area contributed by atoms with Gasteiger partial charge in [-0.1, -0.05) is 35.0 Å². The van der Waals surface area contributed by atoms with Crippen molar-refractivity contribution < 1.29 is 4.79 Å². The minimum absolute atomic E-state index is 0. The van der Waals surface area contributed by atoms with Crippen LogP contribution < -0.4 is 10.6 Å². The van der Waals surface area contributed by atoms with Crippen LogP contribution in [0.3, 0.4) is 0 Å². The second-order valence-corrected chi connectivity index (χ2v) is 5.63. The van der Waals surface area contributed by atoms with Gasteiger partial charge >= 0.3 is 0 Å². The average Bonchev–Trinajstić information content (AvgIpc) is 2.46. The summed E-state index contributed by atoms with van der Waals surface area (Å²) in [5, 5.41) is 8.38. The Kier molecular flexibility index (Phi) is 7.72. The summed E-state index contributed by atoms with van der Waals surface area (Å²) in [4.78, 5) is 12.0. The van der Waals surface area contributed by atoms with Crippen LogP contribution in [-0.4, -0.2) is 25.5 Å². The van der Waals surface area contributed by atoms with Crippen LogP contribution in [0, 0.1) is 0 Å². The van der Waals surface area contributed by atoms with E-state index >= 15 is 0 Å². The van der Waals surface area contributed by atoms with Crippen molar-refractivity contribution in [3.8, 4) is 0 Å². The molecule has 3 nitrogen and oxygen atoms in total. The zero-order chi connectivity index (χ0) is 14.4. The maximum atomic E-state index is 12.0. The fourth-order valence-corrected chi connectivity index (χ4v) is 2.40. The van der Waals surface area contributed by atoms with Crippen molar-refractivity contribution in [2.75, 3.05) is 19.6 Å². The summed E-state index contributed by atoms with van der Waals surface area (Å²) < 4.78 is 1.05. The first-order valence-electron chi connectivity index (χ1n) is 6.89. The zero-order valence-corrected chi connectivity index (χ0v) is 14.4. The molecular formula is C16H20BrClN2O. The molecule has 0 radical (unpaired) electrons. The third-order valence-corrected chi connectivity index (χ3v) is 3.57. The summed E-state index contributed by atoms with van der Waals surface area (Å²) in [7, 11) is 0. The summed E-state index contributed by atoms with van der Waals surface area (Å²) in [6.07, 6.45) is 1.11. The first kappa shape index (κ1) is 18.0. The summed E-state index contributed by atoms with van der Waals surface area (Å²) >= 11 is 3.45. The molecule has 2 aromatic carbocycles. The van der Waals surface area contributed by atoms with Crippen molar-refractivity contribution in [1.29, 1.82) is 0 Å². The molecule has 2 N–H and O–H groups in total. The molecule has 0 unspecified atom stereocenters. The van der Waals surface area contributed by atoms with Gasteiger partial charge in [0.1, 0.15) is 0 Å². The van der Waals surface area contributed by atoms with Crippen molar-refractivity contribution in [2.24, 2.45) is 0 Å². The van der Waals surface area contributed by atoms with Crippen LogP contribution in [0.15, 0.2) is 40.9 Å². The summed E-state index contributed by atoms with van der Waals surface area (Å²) in [5.74, 6) is -0.0203. The van der Waals surface area contributed by atoms with E-state index in [1.54, 1.807) is 0 Å². The Balaban J connectivity index is 0.00000220. The van der Waals surface area contributed by atoms with Crippen molar-refractivity contribution >= 4 is 45.0 Å². The molecule has 0 aliphatic carbocycles. The average molecular weight is 372 g/mol. The minimum Gasteiger partial charge on any atom is -0.351 e. The Labute approximate surface area is 140 Å². The van der Waals surface area contributed by atoms with Gasteiger partial charge in [-0.25, -0.2) is 0 Å². The first-order valence-corrected chi connectivity index (χ1v) is 7.68. The van der Waals surface area contributed by atoms with Crippen LogP contribution in [0.1, 0.15) is 23.7 Å². The molecule has 0 saturated carbocycles. The largest absolute Gasteiger partial charge is 0.351 e. The molecule has 2 aromatic rings. The van der Waals surface area contributed by atoms with Gasteiger partial charge in [0.25, 0.3) is 5.91 Å². The molecule has 0 bridgehead atoms. The highest BCUT2D eigenvalue weighted by Crippen LogP contribution is 2.20. The van der Waals surface area contributed by atoms with Gasteiger partial charge in [0.05, 0.1) is 0 Å². The lowest BCUT2D eigenvalue weighted by atomic mass is 10.1. The molecular weight excluding hydrogens is 352 g/mol. The maximum Gasteiger partial charge on any atom is 0.251 e. The Hall–Kier alpha value is -1.10. The predicted molar refractivity (Wildman–Crippen MR) is 94.4 cm³/mol. The fraction of sp³-hybridized carbons (Fsp3) is 0.312.